The molecule has 3 amide bonds. The highest BCUT2D eigenvalue weighted by molar-refractivity contribution is 6.35. The number of rotatable bonds is 5. The van der Waals surface area contributed by atoms with Crippen molar-refractivity contribution in [1.82, 2.24) is 5.32 Å². The lowest BCUT2D eigenvalue weighted by molar-refractivity contribution is -0.125. The van der Waals surface area contributed by atoms with Crippen molar-refractivity contribution in [2.45, 2.75) is 37.6 Å². The molecule has 1 N–H and O–H groups in total. The molecular formula is C28H23N3O5. The minimum atomic E-state index is -0.903. The summed E-state index contributed by atoms with van der Waals surface area (Å²) in [6, 6.07) is 18.7. The van der Waals surface area contributed by atoms with Crippen molar-refractivity contribution in [3.8, 4) is 6.07 Å². The molecule has 0 spiro atoms. The van der Waals surface area contributed by atoms with Crippen molar-refractivity contribution >= 4 is 40.2 Å². The van der Waals surface area contributed by atoms with Crippen molar-refractivity contribution in [3.63, 3.8) is 0 Å². The van der Waals surface area contributed by atoms with Crippen LogP contribution in [0.15, 0.2) is 60.7 Å². The van der Waals surface area contributed by atoms with Crippen molar-refractivity contribution in [2.24, 2.45) is 0 Å². The molecule has 0 aromatic heterocycles. The zero-order chi connectivity index (χ0) is 25.3. The third kappa shape index (κ3) is 4.09. The van der Waals surface area contributed by atoms with Crippen LogP contribution < -0.4 is 10.2 Å². The van der Waals surface area contributed by atoms with Gasteiger partial charge in [-0.25, -0.2) is 9.69 Å². The van der Waals surface area contributed by atoms with Gasteiger partial charge < -0.3 is 10.1 Å². The highest BCUT2D eigenvalue weighted by atomic mass is 16.5. The summed E-state index contributed by atoms with van der Waals surface area (Å²) in [7, 11) is 0. The van der Waals surface area contributed by atoms with Crippen LogP contribution in [0.25, 0.3) is 10.8 Å². The van der Waals surface area contributed by atoms with Gasteiger partial charge in [-0.3, -0.25) is 14.4 Å². The fourth-order valence-corrected chi connectivity index (χ4v) is 4.95. The Morgan fingerprint density at radius 1 is 0.917 bits per heavy atom. The summed E-state index contributed by atoms with van der Waals surface area (Å²) in [5.41, 5.74) is 0.452. The molecule has 1 fully saturated rings. The summed E-state index contributed by atoms with van der Waals surface area (Å²) >= 11 is 0. The number of ether oxygens (including phenoxy) is 1. The Hall–Kier alpha value is -4.51. The van der Waals surface area contributed by atoms with Gasteiger partial charge in [0, 0.05) is 16.5 Å². The van der Waals surface area contributed by atoms with Crippen LogP contribution in [0.5, 0.6) is 0 Å². The van der Waals surface area contributed by atoms with E-state index in [0.717, 1.165) is 29.5 Å². The van der Waals surface area contributed by atoms with Gasteiger partial charge in [0.05, 0.1) is 17.3 Å². The van der Waals surface area contributed by atoms with Crippen LogP contribution >= 0.6 is 0 Å². The maximum absolute atomic E-state index is 13.2. The number of hydrogen-bond donors (Lipinski definition) is 1. The van der Waals surface area contributed by atoms with E-state index in [0.29, 0.717) is 35.0 Å². The number of imide groups is 1. The normalized spacial score (nSPS) is 16.4. The molecule has 1 aliphatic heterocycles. The first kappa shape index (κ1) is 23.2. The maximum Gasteiger partial charge on any atom is 0.338 e. The van der Waals surface area contributed by atoms with Gasteiger partial charge >= 0.3 is 5.97 Å². The lowest BCUT2D eigenvalue weighted by atomic mass is 9.83. The smallest absolute Gasteiger partial charge is 0.338 e. The number of esters is 1. The van der Waals surface area contributed by atoms with E-state index >= 15 is 0 Å². The number of hydrogen-bond acceptors (Lipinski definition) is 6. The SMILES string of the molecule is N#CC1(NC(=O)COC(=O)c2ccc(N3C(=O)c4cccc5cccc(c45)C3=O)cc2)CCCCC1. The molecular weight excluding hydrogens is 458 g/mol. The van der Waals surface area contributed by atoms with Crippen LogP contribution in [-0.2, 0) is 9.53 Å². The fraction of sp³-hybridized carbons (Fsp3) is 0.250. The second kappa shape index (κ2) is 9.27. The fourth-order valence-electron chi connectivity index (χ4n) is 4.95. The predicted molar refractivity (Wildman–Crippen MR) is 131 cm³/mol. The molecule has 0 bridgehead atoms. The molecule has 1 saturated carbocycles. The number of benzene rings is 3. The molecule has 1 aliphatic carbocycles. The van der Waals surface area contributed by atoms with Crippen LogP contribution in [0.2, 0.25) is 0 Å². The van der Waals surface area contributed by atoms with E-state index in [1.807, 2.05) is 12.1 Å². The van der Waals surface area contributed by atoms with Gasteiger partial charge in [0.1, 0.15) is 5.54 Å². The average molecular weight is 482 g/mol. The topological polar surface area (TPSA) is 117 Å². The molecule has 8 heteroatoms. The molecule has 36 heavy (non-hydrogen) atoms. The Balaban J connectivity index is 1.27. The van der Waals surface area contributed by atoms with Gasteiger partial charge in [-0.15, -0.1) is 0 Å². The largest absolute Gasteiger partial charge is 0.452 e. The van der Waals surface area contributed by atoms with Crippen molar-refractivity contribution in [3.05, 3.63) is 77.4 Å². The lowest BCUT2D eigenvalue weighted by Crippen LogP contribution is -2.50. The molecule has 3 aromatic carbocycles. The van der Waals surface area contributed by atoms with Crippen LogP contribution in [0, 0.1) is 11.3 Å². The molecule has 1 heterocycles. The van der Waals surface area contributed by atoms with Crippen LogP contribution in [-0.4, -0.2) is 35.8 Å². The van der Waals surface area contributed by atoms with Crippen LogP contribution in [0.4, 0.5) is 5.69 Å². The molecule has 3 aromatic rings. The van der Waals surface area contributed by atoms with E-state index in [1.54, 1.807) is 24.3 Å². The van der Waals surface area contributed by atoms with E-state index in [-0.39, 0.29) is 5.56 Å². The van der Waals surface area contributed by atoms with Gasteiger partial charge in [0.25, 0.3) is 17.7 Å². The zero-order valence-electron chi connectivity index (χ0n) is 19.5. The first-order chi connectivity index (χ1) is 17.4. The van der Waals surface area contributed by atoms with Gasteiger partial charge in [0.15, 0.2) is 6.61 Å². The van der Waals surface area contributed by atoms with Crippen LogP contribution in [0.3, 0.4) is 0 Å². The Bertz CT molecular complexity index is 1380. The summed E-state index contributed by atoms with van der Waals surface area (Å²) in [6.45, 7) is -0.506. The van der Waals surface area contributed by atoms with Gasteiger partial charge in [-0.05, 0) is 54.6 Å². The Morgan fingerprint density at radius 2 is 1.53 bits per heavy atom. The quantitative estimate of drug-likeness (QED) is 0.432. The summed E-state index contributed by atoms with van der Waals surface area (Å²) in [5.74, 6) is -2.13. The van der Waals surface area contributed by atoms with Gasteiger partial charge in [-0.2, -0.15) is 5.26 Å². The second-order valence-electron chi connectivity index (χ2n) is 9.08. The first-order valence-corrected chi connectivity index (χ1v) is 11.8. The van der Waals surface area contributed by atoms with Crippen molar-refractivity contribution in [2.75, 3.05) is 11.5 Å². The summed E-state index contributed by atoms with van der Waals surface area (Å²) in [4.78, 5) is 52.2. The number of nitrogens with zero attached hydrogens (tertiary/aromatic N) is 2. The van der Waals surface area contributed by atoms with Gasteiger partial charge in [-0.1, -0.05) is 43.5 Å². The monoisotopic (exact) mass is 481 g/mol. The van der Waals surface area contributed by atoms with E-state index in [2.05, 4.69) is 11.4 Å². The standard InChI is InChI=1S/C28H23N3O5/c29-17-28(14-2-1-3-15-28)30-23(32)16-36-27(35)19-10-12-20(13-11-19)31-25(33)21-8-4-6-18-7-5-9-22(24(18)21)26(31)34/h4-13H,1-3,14-16H2,(H,30,32). The lowest BCUT2D eigenvalue weighted by Gasteiger charge is -2.31. The maximum atomic E-state index is 13.2. The van der Waals surface area contributed by atoms with Crippen molar-refractivity contribution < 1.29 is 23.9 Å². The van der Waals surface area contributed by atoms with E-state index in [1.165, 1.54) is 24.3 Å². The van der Waals surface area contributed by atoms with E-state index in [4.69, 9.17) is 4.74 Å². The molecule has 0 saturated heterocycles. The molecule has 0 atom stereocenters. The number of nitrogens with one attached hydrogen (secondary N) is 1. The number of amides is 3. The minimum absolute atomic E-state index is 0.165. The molecule has 5 rings (SSSR count). The first-order valence-electron chi connectivity index (χ1n) is 11.8. The van der Waals surface area contributed by atoms with E-state index in [9.17, 15) is 24.4 Å². The Labute approximate surface area is 207 Å². The highest BCUT2D eigenvalue weighted by Gasteiger charge is 2.35. The van der Waals surface area contributed by atoms with E-state index < -0.39 is 35.8 Å². The second-order valence-corrected chi connectivity index (χ2v) is 9.08. The number of carbonyl (C=O) groups is 4. The molecule has 2 aliphatic rings. The third-order valence-electron chi connectivity index (χ3n) is 6.77. The molecule has 0 unspecified atom stereocenters. The molecule has 8 nitrogen and oxygen atoms in total. The molecule has 0 radical (unpaired) electrons. The van der Waals surface area contributed by atoms with Crippen molar-refractivity contribution in [1.29, 1.82) is 5.26 Å². The Morgan fingerprint density at radius 3 is 2.11 bits per heavy atom. The predicted octanol–water partition coefficient (Wildman–Crippen LogP) is 4.14. The minimum Gasteiger partial charge on any atom is -0.452 e. The highest BCUT2D eigenvalue weighted by Crippen LogP contribution is 2.33. The number of carbonyl (C=O) groups excluding carboxylic acids is 4. The van der Waals surface area contributed by atoms with Crippen LogP contribution in [0.1, 0.15) is 63.2 Å². The summed E-state index contributed by atoms with van der Waals surface area (Å²) in [5, 5.41) is 13.6. The van der Waals surface area contributed by atoms with Gasteiger partial charge in [0.2, 0.25) is 0 Å². The summed E-state index contributed by atoms with van der Waals surface area (Å²) in [6.07, 6.45) is 3.92. The molecule has 180 valence electrons. The summed E-state index contributed by atoms with van der Waals surface area (Å²) < 4.78 is 5.13. The average Bonchev–Trinajstić information content (AvgIpc) is 2.91. The number of anilines is 1. The zero-order valence-corrected chi connectivity index (χ0v) is 19.5. The third-order valence-corrected chi connectivity index (χ3v) is 6.77. The Kier molecular flexibility index (Phi) is 5.98. The number of nitriles is 1.